The predicted octanol–water partition coefficient (Wildman–Crippen LogP) is 3.87. The predicted molar refractivity (Wildman–Crippen MR) is 100 cm³/mol. The molecule has 0 amide bonds. The maximum Gasteiger partial charge on any atom is 0.149 e. The molecule has 0 saturated carbocycles. The van der Waals surface area contributed by atoms with Gasteiger partial charge in [0.15, 0.2) is 0 Å². The van der Waals surface area contributed by atoms with Crippen molar-refractivity contribution in [2.24, 2.45) is 0 Å². The van der Waals surface area contributed by atoms with Crippen LogP contribution in [0.3, 0.4) is 0 Å². The number of methoxy groups -OCH3 is 1. The quantitative estimate of drug-likeness (QED) is 0.602. The zero-order valence-corrected chi connectivity index (χ0v) is 15.0. The van der Waals surface area contributed by atoms with Crippen molar-refractivity contribution in [3.63, 3.8) is 0 Å². The number of thiophene rings is 1. The van der Waals surface area contributed by atoms with E-state index in [1.54, 1.807) is 24.8 Å². The molecule has 1 aromatic carbocycles. The molecular formula is C18H17N5OS. The molecule has 0 aliphatic carbocycles. The lowest BCUT2D eigenvalue weighted by Crippen LogP contribution is -2.01. The number of rotatable bonds is 4. The molecule has 0 radical (unpaired) electrons. The van der Waals surface area contributed by atoms with Crippen LogP contribution in [0.1, 0.15) is 16.8 Å². The van der Waals surface area contributed by atoms with Crippen molar-refractivity contribution in [1.82, 2.24) is 20.2 Å². The van der Waals surface area contributed by atoms with Crippen molar-refractivity contribution in [2.75, 3.05) is 12.4 Å². The number of nitrogens with zero attached hydrogens (tertiary/aromatic N) is 4. The van der Waals surface area contributed by atoms with E-state index in [2.05, 4.69) is 32.4 Å². The van der Waals surface area contributed by atoms with E-state index >= 15 is 0 Å². The van der Waals surface area contributed by atoms with E-state index in [9.17, 15) is 0 Å². The second-order valence-electron chi connectivity index (χ2n) is 5.79. The molecule has 6 nitrogen and oxygen atoms in total. The number of fused-ring (bicyclic) bond motifs is 3. The molecule has 4 rings (SSSR count). The lowest BCUT2D eigenvalue weighted by molar-refractivity contribution is 0.414. The summed E-state index contributed by atoms with van der Waals surface area (Å²) in [5, 5.41) is 13.0. The molecule has 3 aromatic heterocycles. The van der Waals surface area contributed by atoms with Crippen LogP contribution in [0.2, 0.25) is 0 Å². The number of aryl methyl sites for hydroxylation is 2. The monoisotopic (exact) mass is 351 g/mol. The van der Waals surface area contributed by atoms with Crippen LogP contribution >= 0.6 is 11.3 Å². The number of anilines is 1. The van der Waals surface area contributed by atoms with Crippen LogP contribution in [0.4, 0.5) is 5.82 Å². The zero-order chi connectivity index (χ0) is 17.4. The van der Waals surface area contributed by atoms with Gasteiger partial charge in [0.2, 0.25) is 0 Å². The molecule has 7 heteroatoms. The van der Waals surface area contributed by atoms with Crippen molar-refractivity contribution in [1.29, 1.82) is 0 Å². The van der Waals surface area contributed by atoms with Crippen LogP contribution in [-0.2, 0) is 6.54 Å². The van der Waals surface area contributed by atoms with Crippen molar-refractivity contribution in [3.05, 3.63) is 47.4 Å². The number of ether oxygens (including phenoxy) is 1. The Hall–Kier alpha value is -2.80. The second-order valence-corrected chi connectivity index (χ2v) is 6.79. The minimum atomic E-state index is 0.675. The summed E-state index contributed by atoms with van der Waals surface area (Å²) in [6, 6.07) is 7.98. The first kappa shape index (κ1) is 15.7. The largest absolute Gasteiger partial charge is 0.497 e. The first-order valence-electron chi connectivity index (χ1n) is 7.91. The summed E-state index contributed by atoms with van der Waals surface area (Å²) in [7, 11) is 1.67. The highest BCUT2D eigenvalue weighted by Gasteiger charge is 2.15. The average molecular weight is 351 g/mol. The SMILES string of the molecule is COc1ccc(CNc2ncnc3c2sc2nnc(C)c(C)c23)cc1. The molecule has 0 spiro atoms. The molecule has 0 aliphatic rings. The average Bonchev–Trinajstić information content (AvgIpc) is 3.03. The smallest absolute Gasteiger partial charge is 0.149 e. The van der Waals surface area contributed by atoms with E-state index in [0.29, 0.717) is 6.54 Å². The third-order valence-electron chi connectivity index (χ3n) is 4.28. The van der Waals surface area contributed by atoms with Crippen LogP contribution in [0.5, 0.6) is 5.75 Å². The van der Waals surface area contributed by atoms with E-state index in [4.69, 9.17) is 4.74 Å². The van der Waals surface area contributed by atoms with Gasteiger partial charge >= 0.3 is 0 Å². The number of aromatic nitrogens is 4. The summed E-state index contributed by atoms with van der Waals surface area (Å²) in [4.78, 5) is 9.80. The third-order valence-corrected chi connectivity index (χ3v) is 5.35. The Labute approximate surface area is 148 Å². The molecule has 0 fully saturated rings. The third kappa shape index (κ3) is 2.76. The Morgan fingerprint density at radius 2 is 1.88 bits per heavy atom. The van der Waals surface area contributed by atoms with Gasteiger partial charge in [-0.3, -0.25) is 0 Å². The van der Waals surface area contributed by atoms with Gasteiger partial charge in [-0.05, 0) is 37.1 Å². The van der Waals surface area contributed by atoms with Gasteiger partial charge in [0.05, 0.1) is 23.0 Å². The Morgan fingerprint density at radius 3 is 2.64 bits per heavy atom. The molecule has 3 heterocycles. The van der Waals surface area contributed by atoms with Gasteiger partial charge in [-0.15, -0.1) is 16.4 Å². The van der Waals surface area contributed by atoms with Crippen LogP contribution in [0.25, 0.3) is 20.4 Å². The summed E-state index contributed by atoms with van der Waals surface area (Å²) < 4.78 is 6.20. The topological polar surface area (TPSA) is 72.8 Å². The minimum absolute atomic E-state index is 0.675. The Kier molecular flexibility index (Phi) is 3.93. The molecule has 0 unspecified atom stereocenters. The number of hydrogen-bond donors (Lipinski definition) is 1. The molecule has 0 atom stereocenters. The Balaban J connectivity index is 1.71. The fourth-order valence-corrected chi connectivity index (χ4v) is 3.84. The standard InChI is InChI=1S/C18H17N5OS/c1-10-11(2)22-23-18-14(10)15-16(25-18)17(21-9-20-15)19-8-12-4-6-13(24-3)7-5-12/h4-7,9H,8H2,1-3H3,(H,19,20,21). The number of hydrogen-bond acceptors (Lipinski definition) is 7. The van der Waals surface area contributed by atoms with Crippen LogP contribution in [0.15, 0.2) is 30.6 Å². The van der Waals surface area contributed by atoms with E-state index in [1.165, 1.54) is 0 Å². The van der Waals surface area contributed by atoms with Gasteiger partial charge in [0.25, 0.3) is 0 Å². The lowest BCUT2D eigenvalue weighted by Gasteiger charge is -2.07. The minimum Gasteiger partial charge on any atom is -0.497 e. The first-order chi connectivity index (χ1) is 12.2. The van der Waals surface area contributed by atoms with Crippen molar-refractivity contribution >= 4 is 37.6 Å². The molecule has 4 aromatic rings. The van der Waals surface area contributed by atoms with Crippen molar-refractivity contribution in [2.45, 2.75) is 20.4 Å². The van der Waals surface area contributed by atoms with E-state index in [0.717, 1.165) is 48.8 Å². The maximum absolute atomic E-state index is 5.19. The molecule has 25 heavy (non-hydrogen) atoms. The van der Waals surface area contributed by atoms with E-state index in [1.807, 2.05) is 31.2 Å². The summed E-state index contributed by atoms with van der Waals surface area (Å²) in [6.07, 6.45) is 1.60. The van der Waals surface area contributed by atoms with Crippen molar-refractivity contribution < 1.29 is 4.74 Å². The normalized spacial score (nSPS) is 11.2. The summed E-state index contributed by atoms with van der Waals surface area (Å²) in [5.41, 5.74) is 4.14. The summed E-state index contributed by atoms with van der Waals surface area (Å²) in [6.45, 7) is 4.70. The molecule has 1 N–H and O–H groups in total. The van der Waals surface area contributed by atoms with Gasteiger partial charge < -0.3 is 10.1 Å². The van der Waals surface area contributed by atoms with Gasteiger partial charge in [-0.1, -0.05) is 12.1 Å². The first-order valence-corrected chi connectivity index (χ1v) is 8.73. The highest BCUT2D eigenvalue weighted by Crippen LogP contribution is 2.36. The lowest BCUT2D eigenvalue weighted by atomic mass is 10.1. The van der Waals surface area contributed by atoms with Gasteiger partial charge in [0, 0.05) is 11.9 Å². The second kappa shape index (κ2) is 6.25. The maximum atomic E-state index is 5.19. The summed E-state index contributed by atoms with van der Waals surface area (Å²) in [5.74, 6) is 1.67. The van der Waals surface area contributed by atoms with Crippen LogP contribution < -0.4 is 10.1 Å². The van der Waals surface area contributed by atoms with Crippen LogP contribution in [-0.4, -0.2) is 27.3 Å². The zero-order valence-electron chi connectivity index (χ0n) is 14.2. The van der Waals surface area contributed by atoms with E-state index < -0.39 is 0 Å². The molecule has 0 aliphatic heterocycles. The molecule has 126 valence electrons. The fraction of sp³-hybridized carbons (Fsp3) is 0.222. The van der Waals surface area contributed by atoms with Crippen molar-refractivity contribution in [3.8, 4) is 5.75 Å². The highest BCUT2D eigenvalue weighted by molar-refractivity contribution is 7.25. The summed E-state index contributed by atoms with van der Waals surface area (Å²) >= 11 is 1.57. The van der Waals surface area contributed by atoms with Gasteiger partial charge in [-0.2, -0.15) is 5.10 Å². The number of nitrogens with one attached hydrogen (secondary N) is 1. The van der Waals surface area contributed by atoms with Crippen LogP contribution in [0, 0.1) is 13.8 Å². The number of benzene rings is 1. The Morgan fingerprint density at radius 1 is 1.08 bits per heavy atom. The molecule has 0 bridgehead atoms. The highest BCUT2D eigenvalue weighted by atomic mass is 32.1. The van der Waals surface area contributed by atoms with Gasteiger partial charge in [0.1, 0.15) is 22.7 Å². The molecular weight excluding hydrogens is 334 g/mol. The molecule has 0 saturated heterocycles. The fourth-order valence-electron chi connectivity index (χ4n) is 2.74. The van der Waals surface area contributed by atoms with Gasteiger partial charge in [-0.25, -0.2) is 9.97 Å². The van der Waals surface area contributed by atoms with E-state index in [-0.39, 0.29) is 0 Å². The Bertz CT molecular complexity index is 1060.